The van der Waals surface area contributed by atoms with E-state index in [2.05, 4.69) is 36.5 Å². The van der Waals surface area contributed by atoms with E-state index in [1.165, 1.54) is 30.4 Å². The molecule has 2 heteroatoms. The molecule has 2 saturated carbocycles. The molecule has 0 aliphatic heterocycles. The minimum Gasteiger partial charge on any atom is -0.329 e. The zero-order valence-electron chi connectivity index (χ0n) is 11.2. The van der Waals surface area contributed by atoms with Gasteiger partial charge in [-0.15, -0.1) is 0 Å². The van der Waals surface area contributed by atoms with Gasteiger partial charge in [0.2, 0.25) is 0 Å². The molecule has 3 rings (SSSR count). The smallest absolute Gasteiger partial charge is 0.0444 e. The van der Waals surface area contributed by atoms with Gasteiger partial charge >= 0.3 is 0 Å². The summed E-state index contributed by atoms with van der Waals surface area (Å²) in [6.45, 7) is 4.14. The summed E-state index contributed by atoms with van der Waals surface area (Å²) in [6.07, 6.45) is 4.11. The van der Waals surface area contributed by atoms with Crippen LogP contribution in [-0.2, 0) is 0 Å². The van der Waals surface area contributed by atoms with Crippen molar-refractivity contribution < 1.29 is 0 Å². The van der Waals surface area contributed by atoms with Crippen LogP contribution in [-0.4, -0.2) is 13.1 Å². The van der Waals surface area contributed by atoms with Gasteiger partial charge in [-0.25, -0.2) is 0 Å². The van der Waals surface area contributed by atoms with Crippen LogP contribution in [0, 0.1) is 11.8 Å². The quantitative estimate of drug-likeness (QED) is 0.807. The minimum absolute atomic E-state index is 0.330. The maximum absolute atomic E-state index is 5.93. The van der Waals surface area contributed by atoms with E-state index in [0.717, 1.165) is 24.3 Å². The number of hydrogen-bond donors (Lipinski definition) is 2. The molecule has 2 aliphatic rings. The lowest BCUT2D eigenvalue weighted by Crippen LogP contribution is -2.30. The predicted molar refractivity (Wildman–Crippen MR) is 75.5 cm³/mol. The van der Waals surface area contributed by atoms with Crippen LogP contribution in [0.2, 0.25) is 0 Å². The summed E-state index contributed by atoms with van der Waals surface area (Å²) in [6, 6.07) is 9.35. The van der Waals surface area contributed by atoms with Crippen molar-refractivity contribution in [1.82, 2.24) is 5.32 Å². The van der Waals surface area contributed by atoms with E-state index in [0.29, 0.717) is 12.6 Å². The van der Waals surface area contributed by atoms with Crippen LogP contribution in [0.1, 0.15) is 49.3 Å². The van der Waals surface area contributed by atoms with Crippen molar-refractivity contribution in [3.8, 4) is 0 Å². The van der Waals surface area contributed by atoms with Crippen molar-refractivity contribution in [3.63, 3.8) is 0 Å². The molecule has 2 nitrogen and oxygen atoms in total. The molecule has 0 amide bonds. The molecule has 2 fully saturated rings. The Labute approximate surface area is 110 Å². The first-order chi connectivity index (χ1) is 8.78. The molecule has 0 spiro atoms. The predicted octanol–water partition coefficient (Wildman–Crippen LogP) is 2.81. The summed E-state index contributed by atoms with van der Waals surface area (Å²) in [5.41, 5.74) is 8.80. The van der Waals surface area contributed by atoms with Crippen molar-refractivity contribution >= 4 is 0 Å². The second kappa shape index (κ2) is 5.02. The fourth-order valence-corrected chi connectivity index (χ4v) is 2.76. The van der Waals surface area contributed by atoms with Gasteiger partial charge in [0.1, 0.15) is 0 Å². The van der Waals surface area contributed by atoms with E-state index in [4.69, 9.17) is 5.73 Å². The minimum atomic E-state index is 0.330. The fraction of sp³-hybridized carbons (Fsp3) is 0.625. The van der Waals surface area contributed by atoms with Gasteiger partial charge in [0.15, 0.2) is 0 Å². The Kier molecular flexibility index (Phi) is 3.40. The molecule has 0 aromatic heterocycles. The van der Waals surface area contributed by atoms with E-state index in [1.807, 2.05) is 0 Å². The Balaban J connectivity index is 1.63. The summed E-state index contributed by atoms with van der Waals surface area (Å²) in [4.78, 5) is 0. The molecule has 3 unspecified atom stereocenters. The molecular formula is C16H24N2. The Bertz CT molecular complexity index is 411. The first kappa shape index (κ1) is 12.2. The Hall–Kier alpha value is -0.860. The summed E-state index contributed by atoms with van der Waals surface area (Å²) in [7, 11) is 0. The van der Waals surface area contributed by atoms with Crippen molar-refractivity contribution in [2.45, 2.75) is 38.1 Å². The molecule has 0 heterocycles. The molecule has 0 bridgehead atoms. The van der Waals surface area contributed by atoms with Crippen molar-refractivity contribution in [3.05, 3.63) is 35.4 Å². The van der Waals surface area contributed by atoms with Gasteiger partial charge in [-0.05, 0) is 54.7 Å². The number of nitrogens with one attached hydrogen (secondary N) is 1. The van der Waals surface area contributed by atoms with E-state index < -0.39 is 0 Å². The van der Waals surface area contributed by atoms with E-state index in [-0.39, 0.29) is 0 Å². The van der Waals surface area contributed by atoms with Crippen LogP contribution in [0.25, 0.3) is 0 Å². The zero-order valence-corrected chi connectivity index (χ0v) is 11.2. The highest BCUT2D eigenvalue weighted by molar-refractivity contribution is 5.31. The maximum Gasteiger partial charge on any atom is 0.0444 e. The third-order valence-corrected chi connectivity index (χ3v) is 4.50. The average Bonchev–Trinajstić information content (AvgIpc) is 3.27. The molecule has 2 aliphatic carbocycles. The summed E-state index contributed by atoms with van der Waals surface area (Å²) < 4.78 is 0. The van der Waals surface area contributed by atoms with Crippen molar-refractivity contribution in [2.24, 2.45) is 17.6 Å². The number of rotatable bonds is 6. The van der Waals surface area contributed by atoms with Crippen molar-refractivity contribution in [1.29, 1.82) is 0 Å². The van der Waals surface area contributed by atoms with Gasteiger partial charge < -0.3 is 11.1 Å². The Morgan fingerprint density at radius 3 is 2.78 bits per heavy atom. The Morgan fingerprint density at radius 2 is 2.17 bits per heavy atom. The second-order valence-electron chi connectivity index (χ2n) is 6.11. The molecule has 3 atom stereocenters. The van der Waals surface area contributed by atoms with Gasteiger partial charge in [-0.3, -0.25) is 0 Å². The van der Waals surface area contributed by atoms with Crippen molar-refractivity contribution in [2.75, 3.05) is 13.1 Å². The van der Waals surface area contributed by atoms with Crippen LogP contribution in [0.3, 0.4) is 0 Å². The van der Waals surface area contributed by atoms with E-state index >= 15 is 0 Å². The van der Waals surface area contributed by atoms with E-state index in [9.17, 15) is 0 Å². The lowest BCUT2D eigenvalue weighted by Gasteiger charge is -2.18. The molecule has 1 aromatic rings. The van der Waals surface area contributed by atoms with Crippen LogP contribution in [0.5, 0.6) is 0 Å². The monoisotopic (exact) mass is 244 g/mol. The molecule has 0 saturated heterocycles. The first-order valence-corrected chi connectivity index (χ1v) is 7.31. The topological polar surface area (TPSA) is 38.0 Å². The molecule has 98 valence electrons. The number of benzene rings is 1. The zero-order chi connectivity index (χ0) is 12.5. The summed E-state index contributed by atoms with van der Waals surface area (Å²) in [5.74, 6) is 2.62. The lowest BCUT2D eigenvalue weighted by molar-refractivity contribution is 0.511. The fourth-order valence-electron chi connectivity index (χ4n) is 2.76. The highest BCUT2D eigenvalue weighted by Crippen LogP contribution is 2.40. The number of nitrogens with two attached hydrogens (primary N) is 1. The van der Waals surface area contributed by atoms with Crippen LogP contribution >= 0.6 is 0 Å². The molecule has 0 radical (unpaired) electrons. The van der Waals surface area contributed by atoms with Gasteiger partial charge in [0, 0.05) is 12.6 Å². The number of hydrogen-bond acceptors (Lipinski definition) is 2. The highest BCUT2D eigenvalue weighted by Gasteiger charge is 2.32. The Morgan fingerprint density at radius 1 is 1.39 bits per heavy atom. The average molecular weight is 244 g/mol. The summed E-state index contributed by atoms with van der Waals surface area (Å²) in [5, 5.41) is 3.64. The van der Waals surface area contributed by atoms with Crippen LogP contribution in [0.15, 0.2) is 24.3 Å². The van der Waals surface area contributed by atoms with Crippen LogP contribution < -0.4 is 11.1 Å². The normalized spacial score (nSPS) is 28.1. The van der Waals surface area contributed by atoms with Gasteiger partial charge in [0.25, 0.3) is 0 Å². The third-order valence-electron chi connectivity index (χ3n) is 4.50. The highest BCUT2D eigenvalue weighted by atomic mass is 14.9. The lowest BCUT2D eigenvalue weighted by atomic mass is 10.0. The van der Waals surface area contributed by atoms with Gasteiger partial charge in [-0.2, -0.15) is 0 Å². The van der Waals surface area contributed by atoms with E-state index in [1.54, 1.807) is 0 Å². The first-order valence-electron chi connectivity index (χ1n) is 7.31. The largest absolute Gasteiger partial charge is 0.329 e. The molecule has 18 heavy (non-hydrogen) atoms. The SMILES string of the molecule is CC1CC1CNC(CN)c1cccc(C2CC2)c1. The van der Waals surface area contributed by atoms with Crippen LogP contribution in [0.4, 0.5) is 0 Å². The van der Waals surface area contributed by atoms with Gasteiger partial charge in [0.05, 0.1) is 0 Å². The standard InChI is InChI=1S/C16H24N2/c1-11-7-15(11)10-18-16(9-17)14-4-2-3-13(8-14)12-5-6-12/h2-4,8,11-12,15-16,18H,5-7,9-10,17H2,1H3. The third kappa shape index (κ3) is 2.76. The molecule has 3 N–H and O–H groups in total. The second-order valence-corrected chi connectivity index (χ2v) is 6.11. The maximum atomic E-state index is 5.93. The molecule has 1 aromatic carbocycles. The summed E-state index contributed by atoms with van der Waals surface area (Å²) >= 11 is 0. The molecular weight excluding hydrogens is 220 g/mol. The van der Waals surface area contributed by atoms with Gasteiger partial charge in [-0.1, -0.05) is 31.2 Å².